The SMILES string of the molecule is O=C(O)Cc1ccnc(Cl)c1CC(=O)O. The fourth-order valence-electron chi connectivity index (χ4n) is 1.17. The second-order valence-corrected chi connectivity index (χ2v) is 3.24. The first kappa shape index (κ1) is 11.5. The summed E-state index contributed by atoms with van der Waals surface area (Å²) in [6.07, 6.45) is 0.770. The summed E-state index contributed by atoms with van der Waals surface area (Å²) in [7, 11) is 0. The van der Waals surface area contributed by atoms with Gasteiger partial charge in [0.15, 0.2) is 0 Å². The van der Waals surface area contributed by atoms with Crippen molar-refractivity contribution in [3.63, 3.8) is 0 Å². The zero-order chi connectivity index (χ0) is 11.4. The Morgan fingerprint density at radius 3 is 2.40 bits per heavy atom. The minimum absolute atomic E-state index is 0.0381. The third kappa shape index (κ3) is 3.21. The number of aliphatic carboxylic acids is 2. The van der Waals surface area contributed by atoms with Gasteiger partial charge in [-0.05, 0) is 11.6 Å². The highest BCUT2D eigenvalue weighted by atomic mass is 35.5. The number of carboxylic acid groups (broad SMARTS) is 2. The molecule has 1 aromatic rings. The molecule has 0 saturated carbocycles. The fourth-order valence-corrected chi connectivity index (χ4v) is 1.41. The third-order valence-electron chi connectivity index (χ3n) is 1.77. The van der Waals surface area contributed by atoms with E-state index in [0.29, 0.717) is 5.56 Å². The minimum atomic E-state index is -1.07. The monoisotopic (exact) mass is 229 g/mol. The maximum Gasteiger partial charge on any atom is 0.307 e. The first-order valence-corrected chi connectivity index (χ1v) is 4.44. The van der Waals surface area contributed by atoms with Crippen molar-refractivity contribution in [3.05, 3.63) is 28.5 Å². The molecule has 0 aliphatic carbocycles. The Kier molecular flexibility index (Phi) is 3.62. The van der Waals surface area contributed by atoms with E-state index >= 15 is 0 Å². The smallest absolute Gasteiger partial charge is 0.307 e. The predicted molar refractivity (Wildman–Crippen MR) is 51.9 cm³/mol. The molecule has 15 heavy (non-hydrogen) atoms. The van der Waals surface area contributed by atoms with Crippen LogP contribution in [0.5, 0.6) is 0 Å². The lowest BCUT2D eigenvalue weighted by Gasteiger charge is -2.06. The maximum absolute atomic E-state index is 10.5. The van der Waals surface area contributed by atoms with E-state index in [4.69, 9.17) is 21.8 Å². The summed E-state index contributed by atoms with van der Waals surface area (Å²) in [6.45, 7) is 0. The number of halogens is 1. The highest BCUT2D eigenvalue weighted by Gasteiger charge is 2.13. The molecule has 0 spiro atoms. The molecule has 0 fully saturated rings. The van der Waals surface area contributed by atoms with Gasteiger partial charge in [-0.25, -0.2) is 4.98 Å². The summed E-state index contributed by atoms with van der Waals surface area (Å²) in [5.74, 6) is -2.11. The summed E-state index contributed by atoms with van der Waals surface area (Å²) in [5.41, 5.74) is 0.638. The van der Waals surface area contributed by atoms with Crippen molar-refractivity contribution in [1.82, 2.24) is 4.98 Å². The Morgan fingerprint density at radius 1 is 1.27 bits per heavy atom. The fraction of sp³-hybridized carbons (Fsp3) is 0.222. The van der Waals surface area contributed by atoms with Crippen molar-refractivity contribution in [1.29, 1.82) is 0 Å². The molecule has 6 heteroatoms. The van der Waals surface area contributed by atoms with Crippen LogP contribution < -0.4 is 0 Å². The van der Waals surface area contributed by atoms with Gasteiger partial charge in [0.25, 0.3) is 0 Å². The third-order valence-corrected chi connectivity index (χ3v) is 2.10. The number of nitrogens with zero attached hydrogens (tertiary/aromatic N) is 1. The lowest BCUT2D eigenvalue weighted by molar-refractivity contribution is -0.137. The van der Waals surface area contributed by atoms with Crippen molar-refractivity contribution in [2.45, 2.75) is 12.8 Å². The molecule has 0 bridgehead atoms. The average molecular weight is 230 g/mol. The number of carboxylic acids is 2. The largest absolute Gasteiger partial charge is 0.481 e. The molecule has 0 saturated heterocycles. The molecule has 0 aliphatic rings. The molecule has 0 atom stereocenters. The van der Waals surface area contributed by atoms with Crippen molar-refractivity contribution in [3.8, 4) is 0 Å². The second-order valence-electron chi connectivity index (χ2n) is 2.88. The van der Waals surface area contributed by atoms with Gasteiger partial charge < -0.3 is 10.2 Å². The normalized spacial score (nSPS) is 9.93. The summed E-state index contributed by atoms with van der Waals surface area (Å²) in [5, 5.41) is 17.3. The van der Waals surface area contributed by atoms with E-state index in [-0.39, 0.29) is 23.6 Å². The van der Waals surface area contributed by atoms with E-state index in [0.717, 1.165) is 0 Å². The zero-order valence-electron chi connectivity index (χ0n) is 7.61. The Balaban J connectivity index is 3.08. The van der Waals surface area contributed by atoms with Gasteiger partial charge in [-0.1, -0.05) is 11.6 Å². The standard InChI is InChI=1S/C9H8ClNO4/c10-9-6(4-8(14)15)5(1-2-11-9)3-7(12)13/h1-2H,3-4H2,(H,12,13)(H,14,15). The first-order valence-electron chi connectivity index (χ1n) is 4.06. The van der Waals surface area contributed by atoms with Gasteiger partial charge in [-0.2, -0.15) is 0 Å². The highest BCUT2D eigenvalue weighted by Crippen LogP contribution is 2.18. The minimum Gasteiger partial charge on any atom is -0.481 e. The molecule has 5 nitrogen and oxygen atoms in total. The van der Waals surface area contributed by atoms with Gasteiger partial charge >= 0.3 is 11.9 Å². The van der Waals surface area contributed by atoms with Crippen LogP contribution in [0.1, 0.15) is 11.1 Å². The molecule has 0 unspecified atom stereocenters. The number of hydrogen-bond donors (Lipinski definition) is 2. The Hall–Kier alpha value is -1.62. The molecule has 0 aliphatic heterocycles. The average Bonchev–Trinajstić information content (AvgIpc) is 2.09. The van der Waals surface area contributed by atoms with Crippen LogP contribution in [0.15, 0.2) is 12.3 Å². The summed E-state index contributed by atoms with van der Waals surface area (Å²) >= 11 is 5.69. The van der Waals surface area contributed by atoms with E-state index in [1.54, 1.807) is 0 Å². The summed E-state index contributed by atoms with van der Waals surface area (Å²) in [4.78, 5) is 24.7. The van der Waals surface area contributed by atoms with Gasteiger partial charge in [0.2, 0.25) is 0 Å². The van der Waals surface area contributed by atoms with Crippen LogP contribution in [0.2, 0.25) is 5.15 Å². The van der Waals surface area contributed by atoms with E-state index in [1.165, 1.54) is 12.3 Å². The molecular weight excluding hydrogens is 222 g/mol. The second kappa shape index (κ2) is 4.75. The van der Waals surface area contributed by atoms with Crippen LogP contribution in [0, 0.1) is 0 Å². The molecule has 1 aromatic heterocycles. The number of carbonyl (C=O) groups is 2. The number of pyridine rings is 1. The lowest BCUT2D eigenvalue weighted by Crippen LogP contribution is -2.09. The van der Waals surface area contributed by atoms with Crippen LogP contribution in [0.3, 0.4) is 0 Å². The zero-order valence-corrected chi connectivity index (χ0v) is 8.36. The van der Waals surface area contributed by atoms with Gasteiger partial charge in [0, 0.05) is 11.8 Å². The van der Waals surface area contributed by atoms with Gasteiger partial charge in [-0.15, -0.1) is 0 Å². The van der Waals surface area contributed by atoms with Crippen molar-refractivity contribution in [2.75, 3.05) is 0 Å². The van der Waals surface area contributed by atoms with Gasteiger partial charge in [0.1, 0.15) is 5.15 Å². The predicted octanol–water partition coefficient (Wildman–Crippen LogP) is 0.989. The summed E-state index contributed by atoms with van der Waals surface area (Å²) < 4.78 is 0. The molecule has 1 rings (SSSR count). The van der Waals surface area contributed by atoms with E-state index in [2.05, 4.69) is 4.98 Å². The quantitative estimate of drug-likeness (QED) is 0.752. The molecule has 0 radical (unpaired) electrons. The highest BCUT2D eigenvalue weighted by molar-refractivity contribution is 6.30. The Labute approximate surface area is 90.3 Å². The molecule has 1 heterocycles. The van der Waals surface area contributed by atoms with Crippen molar-refractivity contribution >= 4 is 23.5 Å². The van der Waals surface area contributed by atoms with Crippen LogP contribution >= 0.6 is 11.6 Å². The van der Waals surface area contributed by atoms with Crippen molar-refractivity contribution < 1.29 is 19.8 Å². The van der Waals surface area contributed by atoms with E-state index in [1.807, 2.05) is 0 Å². The van der Waals surface area contributed by atoms with E-state index in [9.17, 15) is 9.59 Å². The molecular formula is C9H8ClNO4. The maximum atomic E-state index is 10.5. The lowest BCUT2D eigenvalue weighted by atomic mass is 10.0. The summed E-state index contributed by atoms with van der Waals surface area (Å²) in [6, 6.07) is 1.46. The van der Waals surface area contributed by atoms with Crippen LogP contribution in [-0.2, 0) is 22.4 Å². The number of aromatic nitrogens is 1. The molecule has 0 amide bonds. The van der Waals surface area contributed by atoms with Crippen molar-refractivity contribution in [2.24, 2.45) is 0 Å². The van der Waals surface area contributed by atoms with Crippen LogP contribution in [0.4, 0.5) is 0 Å². The Morgan fingerprint density at radius 2 is 1.87 bits per heavy atom. The molecule has 80 valence electrons. The topological polar surface area (TPSA) is 87.5 Å². The molecule has 0 aromatic carbocycles. The van der Waals surface area contributed by atoms with Crippen LogP contribution in [0.25, 0.3) is 0 Å². The van der Waals surface area contributed by atoms with Crippen LogP contribution in [-0.4, -0.2) is 27.1 Å². The number of rotatable bonds is 4. The number of hydrogen-bond acceptors (Lipinski definition) is 3. The molecule has 2 N–H and O–H groups in total. The van der Waals surface area contributed by atoms with E-state index < -0.39 is 11.9 Å². The first-order chi connectivity index (χ1) is 7.00. The van der Waals surface area contributed by atoms with Gasteiger partial charge in [-0.3, -0.25) is 9.59 Å². The Bertz CT molecular complexity index is 405. The van der Waals surface area contributed by atoms with Gasteiger partial charge in [0.05, 0.1) is 12.8 Å².